The fourth-order valence-electron chi connectivity index (χ4n) is 2.42. The predicted octanol–water partition coefficient (Wildman–Crippen LogP) is 1.11. The van der Waals surface area contributed by atoms with Crippen LogP contribution in [0.1, 0.15) is 26.2 Å². The first-order chi connectivity index (χ1) is 8.83. The molecule has 4 nitrogen and oxygen atoms in total. The van der Waals surface area contributed by atoms with Crippen LogP contribution in [0.25, 0.3) is 0 Å². The molecule has 112 valence electrons. The number of piperidine rings is 1. The van der Waals surface area contributed by atoms with Crippen LogP contribution in [0.2, 0.25) is 0 Å². The number of nitrogens with two attached hydrogens (primary N) is 1. The summed E-state index contributed by atoms with van der Waals surface area (Å²) in [7, 11) is 0. The molecule has 0 aromatic rings. The Morgan fingerprint density at radius 2 is 2.21 bits per heavy atom. The molecule has 1 aliphatic heterocycles. The molecule has 3 N–H and O–H groups in total. The summed E-state index contributed by atoms with van der Waals surface area (Å²) in [5, 5.41) is 1.94. The van der Waals surface area contributed by atoms with Crippen molar-refractivity contribution in [2.24, 2.45) is 11.7 Å². The van der Waals surface area contributed by atoms with Gasteiger partial charge in [0.05, 0.1) is 6.04 Å². The number of hydrogen-bond acceptors (Lipinski definition) is 3. The summed E-state index contributed by atoms with van der Waals surface area (Å²) in [5.41, 5.74) is 5.51. The van der Waals surface area contributed by atoms with Crippen LogP contribution in [0.3, 0.4) is 0 Å². The van der Waals surface area contributed by atoms with Gasteiger partial charge in [-0.1, -0.05) is 0 Å². The zero-order chi connectivity index (χ0) is 14.5. The second kappa shape index (κ2) is 7.09. The SMILES string of the molecule is CC(C(=O)NCC(F)(F)F)N1CCCC(CCN)C1. The lowest BCUT2D eigenvalue weighted by Crippen LogP contribution is -2.50. The average molecular weight is 281 g/mol. The van der Waals surface area contributed by atoms with Gasteiger partial charge in [-0.15, -0.1) is 0 Å². The summed E-state index contributed by atoms with van der Waals surface area (Å²) in [6.45, 7) is 2.47. The largest absolute Gasteiger partial charge is 0.405 e. The molecule has 1 amide bonds. The normalized spacial score (nSPS) is 23.1. The number of nitrogens with zero attached hydrogens (tertiary/aromatic N) is 1. The number of carbonyl (C=O) groups excluding carboxylic acids is 1. The van der Waals surface area contributed by atoms with Crippen LogP contribution in [-0.2, 0) is 4.79 Å². The third kappa shape index (κ3) is 5.78. The molecule has 1 aliphatic rings. The fraction of sp³-hybridized carbons (Fsp3) is 0.917. The molecule has 19 heavy (non-hydrogen) atoms. The van der Waals surface area contributed by atoms with Crippen LogP contribution in [0.4, 0.5) is 13.2 Å². The maximum absolute atomic E-state index is 12.0. The molecule has 2 unspecified atom stereocenters. The van der Waals surface area contributed by atoms with Crippen molar-refractivity contribution in [2.45, 2.75) is 38.4 Å². The molecule has 1 heterocycles. The molecule has 2 atom stereocenters. The van der Waals surface area contributed by atoms with Gasteiger partial charge in [0, 0.05) is 6.54 Å². The van der Waals surface area contributed by atoms with Gasteiger partial charge in [-0.25, -0.2) is 0 Å². The molecule has 1 rings (SSSR count). The Hall–Kier alpha value is -0.820. The van der Waals surface area contributed by atoms with Crippen molar-refractivity contribution in [3.63, 3.8) is 0 Å². The number of amides is 1. The van der Waals surface area contributed by atoms with Gasteiger partial charge in [0.2, 0.25) is 5.91 Å². The lowest BCUT2D eigenvalue weighted by molar-refractivity contribution is -0.141. The van der Waals surface area contributed by atoms with E-state index in [0.29, 0.717) is 12.5 Å². The highest BCUT2D eigenvalue weighted by molar-refractivity contribution is 5.81. The van der Waals surface area contributed by atoms with Gasteiger partial charge in [0.1, 0.15) is 6.54 Å². The number of halogens is 3. The Kier molecular flexibility index (Phi) is 6.06. The van der Waals surface area contributed by atoms with E-state index in [1.54, 1.807) is 6.92 Å². The first-order valence-corrected chi connectivity index (χ1v) is 6.62. The minimum Gasteiger partial charge on any atom is -0.346 e. The molecule has 0 saturated carbocycles. The Balaban J connectivity index is 2.42. The standard InChI is InChI=1S/C12H22F3N3O/c1-9(11(19)17-8-12(13,14)15)18-6-2-3-10(7-18)4-5-16/h9-10H,2-8,16H2,1H3,(H,17,19). The Morgan fingerprint density at radius 3 is 2.79 bits per heavy atom. The van der Waals surface area contributed by atoms with Crippen LogP contribution in [-0.4, -0.2) is 49.2 Å². The Labute approximate surface area is 111 Å². The highest BCUT2D eigenvalue weighted by atomic mass is 19.4. The lowest BCUT2D eigenvalue weighted by atomic mass is 9.94. The third-order valence-electron chi connectivity index (χ3n) is 3.52. The van der Waals surface area contributed by atoms with E-state index in [0.717, 1.165) is 32.4 Å². The van der Waals surface area contributed by atoms with E-state index in [2.05, 4.69) is 0 Å². The number of hydrogen-bond donors (Lipinski definition) is 2. The van der Waals surface area contributed by atoms with Crippen molar-refractivity contribution in [1.82, 2.24) is 10.2 Å². The first kappa shape index (κ1) is 16.2. The average Bonchev–Trinajstić information content (AvgIpc) is 2.35. The Morgan fingerprint density at radius 1 is 1.53 bits per heavy atom. The number of carbonyl (C=O) groups is 1. The zero-order valence-electron chi connectivity index (χ0n) is 11.2. The minimum absolute atomic E-state index is 0.441. The molecular weight excluding hydrogens is 259 g/mol. The fourth-order valence-corrected chi connectivity index (χ4v) is 2.42. The molecule has 1 saturated heterocycles. The summed E-state index contributed by atoms with van der Waals surface area (Å²) in [4.78, 5) is 13.6. The van der Waals surface area contributed by atoms with Crippen LogP contribution in [0.15, 0.2) is 0 Å². The molecule has 0 spiro atoms. The summed E-state index contributed by atoms with van der Waals surface area (Å²) >= 11 is 0. The number of likely N-dealkylation sites (tertiary alicyclic amines) is 1. The van der Waals surface area contributed by atoms with E-state index in [4.69, 9.17) is 5.73 Å². The van der Waals surface area contributed by atoms with E-state index in [1.165, 1.54) is 0 Å². The van der Waals surface area contributed by atoms with Gasteiger partial charge in [0.25, 0.3) is 0 Å². The molecule has 0 aliphatic carbocycles. The molecule has 0 bridgehead atoms. The van der Waals surface area contributed by atoms with E-state index in [1.807, 2.05) is 10.2 Å². The summed E-state index contributed by atoms with van der Waals surface area (Å²) < 4.78 is 36.1. The van der Waals surface area contributed by atoms with Crippen molar-refractivity contribution in [3.05, 3.63) is 0 Å². The Bertz CT molecular complexity index is 294. The van der Waals surface area contributed by atoms with Gasteiger partial charge in [-0.05, 0) is 45.2 Å². The van der Waals surface area contributed by atoms with Gasteiger partial charge in [0.15, 0.2) is 0 Å². The van der Waals surface area contributed by atoms with Gasteiger partial charge in [-0.3, -0.25) is 9.69 Å². The lowest BCUT2D eigenvalue weighted by Gasteiger charge is -2.36. The highest BCUT2D eigenvalue weighted by Gasteiger charge is 2.31. The zero-order valence-corrected chi connectivity index (χ0v) is 11.2. The molecular formula is C12H22F3N3O. The van der Waals surface area contributed by atoms with Crippen LogP contribution in [0.5, 0.6) is 0 Å². The molecule has 1 fully saturated rings. The smallest absolute Gasteiger partial charge is 0.346 e. The van der Waals surface area contributed by atoms with Crippen LogP contribution >= 0.6 is 0 Å². The van der Waals surface area contributed by atoms with Crippen molar-refractivity contribution >= 4 is 5.91 Å². The van der Waals surface area contributed by atoms with Gasteiger partial charge >= 0.3 is 6.18 Å². The van der Waals surface area contributed by atoms with Crippen molar-refractivity contribution < 1.29 is 18.0 Å². The first-order valence-electron chi connectivity index (χ1n) is 6.62. The van der Waals surface area contributed by atoms with Crippen molar-refractivity contribution in [3.8, 4) is 0 Å². The second-order valence-corrected chi connectivity index (χ2v) is 5.09. The second-order valence-electron chi connectivity index (χ2n) is 5.09. The molecule has 0 aromatic heterocycles. The van der Waals surface area contributed by atoms with Crippen molar-refractivity contribution in [1.29, 1.82) is 0 Å². The highest BCUT2D eigenvalue weighted by Crippen LogP contribution is 2.21. The monoisotopic (exact) mass is 281 g/mol. The van der Waals surface area contributed by atoms with Gasteiger partial charge < -0.3 is 11.1 Å². The van der Waals surface area contributed by atoms with E-state index < -0.39 is 24.7 Å². The van der Waals surface area contributed by atoms with E-state index in [-0.39, 0.29) is 0 Å². The molecule has 7 heteroatoms. The maximum atomic E-state index is 12.0. The van der Waals surface area contributed by atoms with E-state index in [9.17, 15) is 18.0 Å². The third-order valence-corrected chi connectivity index (χ3v) is 3.52. The quantitative estimate of drug-likeness (QED) is 0.794. The number of rotatable bonds is 5. The minimum atomic E-state index is -4.36. The predicted molar refractivity (Wildman–Crippen MR) is 66.5 cm³/mol. The summed E-state index contributed by atoms with van der Waals surface area (Å²) in [6, 6.07) is -0.525. The topological polar surface area (TPSA) is 58.4 Å². The van der Waals surface area contributed by atoms with E-state index >= 15 is 0 Å². The number of alkyl halides is 3. The maximum Gasteiger partial charge on any atom is 0.405 e. The van der Waals surface area contributed by atoms with Gasteiger partial charge in [-0.2, -0.15) is 13.2 Å². The van der Waals surface area contributed by atoms with Crippen molar-refractivity contribution in [2.75, 3.05) is 26.2 Å². The molecule has 0 radical (unpaired) electrons. The molecule has 0 aromatic carbocycles. The van der Waals surface area contributed by atoms with Crippen LogP contribution < -0.4 is 11.1 Å². The summed E-state index contributed by atoms with van der Waals surface area (Å²) in [5.74, 6) is -0.123. The van der Waals surface area contributed by atoms with Crippen LogP contribution in [0, 0.1) is 5.92 Å². The summed E-state index contributed by atoms with van der Waals surface area (Å²) in [6.07, 6.45) is -1.43. The number of nitrogens with one attached hydrogen (secondary N) is 1.